The Kier molecular flexibility index (Phi) is 6.55. The topological polar surface area (TPSA) is 61.4 Å². The van der Waals surface area contributed by atoms with Crippen LogP contribution in [-0.2, 0) is 10.2 Å². The molecule has 0 amide bonds. The lowest BCUT2D eigenvalue weighted by Gasteiger charge is -2.29. The van der Waals surface area contributed by atoms with Gasteiger partial charge in [0.15, 0.2) is 0 Å². The molecule has 108 valence electrons. The van der Waals surface area contributed by atoms with Crippen LogP contribution >= 0.6 is 0 Å². The zero-order chi connectivity index (χ0) is 13.6. The third kappa shape index (κ3) is 5.22. The van der Waals surface area contributed by atoms with E-state index in [1.165, 1.54) is 0 Å². The average molecular weight is 277 g/mol. The van der Waals surface area contributed by atoms with E-state index in [1.807, 2.05) is 20.8 Å². The van der Waals surface area contributed by atoms with Crippen LogP contribution in [0.2, 0.25) is 0 Å². The maximum atomic E-state index is 12.1. The van der Waals surface area contributed by atoms with Gasteiger partial charge >= 0.3 is 0 Å². The third-order valence-corrected chi connectivity index (χ3v) is 4.91. The predicted octanol–water partition coefficient (Wildman–Crippen LogP) is 0.798. The Balaban J connectivity index is 2.52. The van der Waals surface area contributed by atoms with Crippen molar-refractivity contribution in [1.29, 1.82) is 0 Å². The van der Waals surface area contributed by atoms with Crippen molar-refractivity contribution < 1.29 is 8.42 Å². The average Bonchev–Trinajstić information content (AvgIpc) is 2.34. The summed E-state index contributed by atoms with van der Waals surface area (Å²) in [4.78, 5) is 0. The highest BCUT2D eigenvalue weighted by molar-refractivity contribution is 7.87. The van der Waals surface area contributed by atoms with Crippen molar-refractivity contribution in [3.05, 3.63) is 0 Å². The van der Waals surface area contributed by atoms with E-state index in [0.717, 1.165) is 25.9 Å². The van der Waals surface area contributed by atoms with Crippen LogP contribution in [0, 0.1) is 11.8 Å². The molecule has 18 heavy (non-hydrogen) atoms. The van der Waals surface area contributed by atoms with E-state index in [1.54, 1.807) is 4.31 Å². The number of hydrogen-bond acceptors (Lipinski definition) is 3. The maximum absolute atomic E-state index is 12.1. The van der Waals surface area contributed by atoms with E-state index in [-0.39, 0.29) is 0 Å². The fourth-order valence-corrected chi connectivity index (χ4v) is 3.59. The van der Waals surface area contributed by atoms with E-state index >= 15 is 0 Å². The molecule has 2 N–H and O–H groups in total. The molecule has 6 heteroatoms. The lowest BCUT2D eigenvalue weighted by atomic mass is 9.98. The van der Waals surface area contributed by atoms with E-state index in [2.05, 4.69) is 10.0 Å². The Morgan fingerprint density at radius 3 is 2.44 bits per heavy atom. The van der Waals surface area contributed by atoms with Gasteiger partial charge in [0.05, 0.1) is 0 Å². The zero-order valence-electron chi connectivity index (χ0n) is 11.8. The fourth-order valence-electron chi connectivity index (χ4n) is 2.11. The van der Waals surface area contributed by atoms with E-state index in [4.69, 9.17) is 0 Å². The summed E-state index contributed by atoms with van der Waals surface area (Å²) in [6.45, 7) is 9.60. The summed E-state index contributed by atoms with van der Waals surface area (Å²) >= 11 is 0. The Labute approximate surface area is 112 Å². The second-order valence-corrected chi connectivity index (χ2v) is 7.15. The standard InChI is InChI=1S/C12H27N3O2S/c1-4-15(10-12-5-7-13-8-6-12)18(16,17)14-9-11(2)3/h11-14H,4-10H2,1-3H3. The third-order valence-electron chi connectivity index (χ3n) is 3.29. The first-order valence-corrected chi connectivity index (χ1v) is 8.35. The number of piperidine rings is 1. The number of nitrogens with one attached hydrogen (secondary N) is 2. The first kappa shape index (κ1) is 15.9. The molecular formula is C12H27N3O2S. The van der Waals surface area contributed by atoms with Gasteiger partial charge in [0.1, 0.15) is 0 Å². The largest absolute Gasteiger partial charge is 0.317 e. The highest BCUT2D eigenvalue weighted by Crippen LogP contribution is 2.15. The summed E-state index contributed by atoms with van der Waals surface area (Å²) in [5, 5.41) is 3.30. The van der Waals surface area contributed by atoms with Crippen LogP contribution in [0.25, 0.3) is 0 Å². The first-order chi connectivity index (χ1) is 8.45. The Bertz CT molecular complexity index is 324. The van der Waals surface area contributed by atoms with Crippen molar-refractivity contribution in [2.24, 2.45) is 11.8 Å². The molecular weight excluding hydrogens is 250 g/mol. The summed E-state index contributed by atoms with van der Waals surface area (Å²) in [7, 11) is -3.30. The predicted molar refractivity (Wildman–Crippen MR) is 74.6 cm³/mol. The van der Waals surface area contributed by atoms with E-state index < -0.39 is 10.2 Å². The van der Waals surface area contributed by atoms with Crippen molar-refractivity contribution in [3.8, 4) is 0 Å². The molecule has 0 saturated carbocycles. The molecule has 0 aliphatic carbocycles. The summed E-state index contributed by atoms with van der Waals surface area (Å²) in [5.41, 5.74) is 0. The highest BCUT2D eigenvalue weighted by Gasteiger charge is 2.24. The normalized spacial score (nSPS) is 18.7. The molecule has 0 aromatic heterocycles. The van der Waals surface area contributed by atoms with Gasteiger partial charge in [-0.2, -0.15) is 12.7 Å². The molecule has 1 rings (SSSR count). The van der Waals surface area contributed by atoms with Gasteiger partial charge < -0.3 is 5.32 Å². The van der Waals surface area contributed by atoms with Gasteiger partial charge in [0.25, 0.3) is 10.2 Å². The second-order valence-electron chi connectivity index (χ2n) is 5.39. The first-order valence-electron chi connectivity index (χ1n) is 6.91. The van der Waals surface area contributed by atoms with Gasteiger partial charge in [-0.05, 0) is 37.8 Å². The lowest BCUT2D eigenvalue weighted by Crippen LogP contribution is -2.45. The summed E-state index contributed by atoms with van der Waals surface area (Å²) < 4.78 is 28.5. The molecule has 0 bridgehead atoms. The molecule has 1 heterocycles. The van der Waals surface area contributed by atoms with Gasteiger partial charge in [-0.3, -0.25) is 0 Å². The van der Waals surface area contributed by atoms with Crippen LogP contribution in [0.5, 0.6) is 0 Å². The van der Waals surface area contributed by atoms with E-state index in [9.17, 15) is 8.42 Å². The van der Waals surface area contributed by atoms with Crippen LogP contribution < -0.4 is 10.0 Å². The maximum Gasteiger partial charge on any atom is 0.279 e. The minimum Gasteiger partial charge on any atom is -0.317 e. The van der Waals surface area contributed by atoms with Gasteiger partial charge in [-0.15, -0.1) is 0 Å². The van der Waals surface area contributed by atoms with Crippen molar-refractivity contribution in [3.63, 3.8) is 0 Å². The Morgan fingerprint density at radius 2 is 1.94 bits per heavy atom. The minimum atomic E-state index is -3.30. The van der Waals surface area contributed by atoms with Crippen LogP contribution in [0.3, 0.4) is 0 Å². The molecule has 0 aromatic carbocycles. The summed E-state index contributed by atoms with van der Waals surface area (Å²) in [6.07, 6.45) is 2.13. The lowest BCUT2D eigenvalue weighted by molar-refractivity contribution is 0.291. The number of nitrogens with zero attached hydrogens (tertiary/aromatic N) is 1. The van der Waals surface area contributed by atoms with Crippen molar-refractivity contribution in [2.45, 2.75) is 33.6 Å². The summed E-state index contributed by atoms with van der Waals surface area (Å²) in [5.74, 6) is 0.819. The van der Waals surface area contributed by atoms with Gasteiger partial charge in [-0.25, -0.2) is 4.72 Å². The minimum absolute atomic E-state index is 0.331. The molecule has 1 aliphatic heterocycles. The molecule has 0 unspecified atom stereocenters. The van der Waals surface area contributed by atoms with Crippen molar-refractivity contribution >= 4 is 10.2 Å². The molecule has 0 atom stereocenters. The molecule has 0 radical (unpaired) electrons. The van der Waals surface area contributed by atoms with Gasteiger partial charge in [0, 0.05) is 19.6 Å². The molecule has 5 nitrogen and oxygen atoms in total. The quantitative estimate of drug-likeness (QED) is 0.723. The Hall–Kier alpha value is -0.170. The number of rotatable bonds is 7. The van der Waals surface area contributed by atoms with Crippen LogP contribution in [-0.4, -0.2) is 45.4 Å². The zero-order valence-corrected chi connectivity index (χ0v) is 12.6. The SMILES string of the molecule is CCN(CC1CCNCC1)S(=O)(=O)NCC(C)C. The van der Waals surface area contributed by atoms with E-state index in [0.29, 0.717) is 31.5 Å². The Morgan fingerprint density at radius 1 is 1.33 bits per heavy atom. The summed E-state index contributed by atoms with van der Waals surface area (Å²) in [6, 6.07) is 0. The molecule has 1 fully saturated rings. The molecule has 0 aromatic rings. The van der Waals surface area contributed by atoms with Crippen LogP contribution in [0.4, 0.5) is 0 Å². The van der Waals surface area contributed by atoms with Gasteiger partial charge in [-0.1, -0.05) is 20.8 Å². The molecule has 1 saturated heterocycles. The monoisotopic (exact) mass is 277 g/mol. The van der Waals surface area contributed by atoms with Crippen molar-refractivity contribution in [2.75, 3.05) is 32.7 Å². The number of hydrogen-bond donors (Lipinski definition) is 2. The molecule has 1 aliphatic rings. The highest BCUT2D eigenvalue weighted by atomic mass is 32.2. The fraction of sp³-hybridized carbons (Fsp3) is 1.00. The van der Waals surface area contributed by atoms with Gasteiger partial charge in [0.2, 0.25) is 0 Å². The van der Waals surface area contributed by atoms with Crippen LogP contribution in [0.1, 0.15) is 33.6 Å². The van der Waals surface area contributed by atoms with Crippen molar-refractivity contribution in [1.82, 2.24) is 14.3 Å². The smallest absolute Gasteiger partial charge is 0.279 e. The van der Waals surface area contributed by atoms with Crippen LogP contribution in [0.15, 0.2) is 0 Å². The second kappa shape index (κ2) is 7.43. The molecule has 0 spiro atoms.